The van der Waals surface area contributed by atoms with Crippen LogP contribution in [0.5, 0.6) is 0 Å². The second-order valence-electron chi connectivity index (χ2n) is 4.51. The number of rotatable bonds is 8. The van der Waals surface area contributed by atoms with Gasteiger partial charge in [-0.1, -0.05) is 31.5 Å². The standard InChI is InChI=1S/C14H21NO4S/c1-3-7-12-8-4-5-9-13(12)15-20(17,18)11-6-10-14(16)19-2/h4-5,8-9,15H,3,6-7,10-11H2,1-2H3. The molecule has 0 aliphatic rings. The van der Waals surface area contributed by atoms with Crippen molar-refractivity contribution in [2.75, 3.05) is 17.6 Å². The molecule has 0 fully saturated rings. The molecular weight excluding hydrogens is 278 g/mol. The van der Waals surface area contributed by atoms with Gasteiger partial charge in [-0.2, -0.15) is 0 Å². The van der Waals surface area contributed by atoms with Crippen LogP contribution in [0.4, 0.5) is 5.69 Å². The zero-order valence-corrected chi connectivity index (χ0v) is 12.7. The lowest BCUT2D eigenvalue weighted by Crippen LogP contribution is -2.18. The maximum Gasteiger partial charge on any atom is 0.305 e. The third-order valence-electron chi connectivity index (χ3n) is 2.82. The first kappa shape index (κ1) is 16.5. The number of nitrogens with one attached hydrogen (secondary N) is 1. The number of carbonyl (C=O) groups is 1. The molecule has 0 radical (unpaired) electrons. The molecule has 0 unspecified atom stereocenters. The number of benzene rings is 1. The summed E-state index contributed by atoms with van der Waals surface area (Å²) in [5, 5.41) is 0. The Morgan fingerprint density at radius 3 is 2.65 bits per heavy atom. The van der Waals surface area contributed by atoms with Gasteiger partial charge >= 0.3 is 5.97 Å². The normalized spacial score (nSPS) is 11.1. The fourth-order valence-corrected chi connectivity index (χ4v) is 3.00. The Labute approximate surface area is 120 Å². The van der Waals surface area contributed by atoms with E-state index < -0.39 is 16.0 Å². The molecule has 6 heteroatoms. The smallest absolute Gasteiger partial charge is 0.305 e. The summed E-state index contributed by atoms with van der Waals surface area (Å²) < 4.78 is 31.0. The fraction of sp³-hybridized carbons (Fsp3) is 0.500. The zero-order chi connectivity index (χ0) is 15.0. The fourth-order valence-electron chi connectivity index (χ4n) is 1.83. The molecule has 1 rings (SSSR count). The number of hydrogen-bond donors (Lipinski definition) is 1. The number of methoxy groups -OCH3 is 1. The van der Waals surface area contributed by atoms with Crippen molar-refractivity contribution in [3.63, 3.8) is 0 Å². The Balaban J connectivity index is 2.64. The molecule has 0 saturated heterocycles. The van der Waals surface area contributed by atoms with Crippen molar-refractivity contribution in [2.24, 2.45) is 0 Å². The highest BCUT2D eigenvalue weighted by atomic mass is 32.2. The summed E-state index contributed by atoms with van der Waals surface area (Å²) in [5.41, 5.74) is 1.60. The molecule has 0 atom stereocenters. The summed E-state index contributed by atoms with van der Waals surface area (Å²) in [7, 11) is -2.15. The van der Waals surface area contributed by atoms with Gasteiger partial charge < -0.3 is 4.74 Å². The average molecular weight is 299 g/mol. The van der Waals surface area contributed by atoms with E-state index in [1.807, 2.05) is 19.1 Å². The first-order chi connectivity index (χ1) is 9.48. The van der Waals surface area contributed by atoms with E-state index in [0.29, 0.717) is 5.69 Å². The van der Waals surface area contributed by atoms with Crippen molar-refractivity contribution >= 4 is 21.7 Å². The third-order valence-corrected chi connectivity index (χ3v) is 4.18. The largest absolute Gasteiger partial charge is 0.469 e. The van der Waals surface area contributed by atoms with Crippen molar-refractivity contribution in [3.8, 4) is 0 Å². The quantitative estimate of drug-likeness (QED) is 0.748. The Bertz CT molecular complexity index is 540. The van der Waals surface area contributed by atoms with E-state index in [0.717, 1.165) is 18.4 Å². The molecule has 0 aromatic heterocycles. The molecular formula is C14H21NO4S. The lowest BCUT2D eigenvalue weighted by Gasteiger charge is -2.11. The van der Waals surface area contributed by atoms with Crippen LogP contribution in [0.25, 0.3) is 0 Å². The summed E-state index contributed by atoms with van der Waals surface area (Å²) in [4.78, 5) is 11.0. The summed E-state index contributed by atoms with van der Waals surface area (Å²) in [6.45, 7) is 2.04. The number of aryl methyl sites for hydroxylation is 1. The maximum atomic E-state index is 12.0. The van der Waals surface area contributed by atoms with Crippen LogP contribution in [-0.2, 0) is 26.0 Å². The molecule has 0 aliphatic heterocycles. The van der Waals surface area contributed by atoms with Gasteiger partial charge in [0.05, 0.1) is 18.6 Å². The van der Waals surface area contributed by atoms with Gasteiger partial charge in [0.25, 0.3) is 0 Å². The second-order valence-corrected chi connectivity index (χ2v) is 6.35. The molecule has 1 aromatic carbocycles. The molecule has 0 aliphatic carbocycles. The van der Waals surface area contributed by atoms with Crippen molar-refractivity contribution in [2.45, 2.75) is 32.6 Å². The second kappa shape index (κ2) is 7.89. The van der Waals surface area contributed by atoms with Crippen molar-refractivity contribution < 1.29 is 17.9 Å². The molecule has 5 nitrogen and oxygen atoms in total. The third kappa shape index (κ3) is 5.61. The zero-order valence-electron chi connectivity index (χ0n) is 11.9. The molecule has 0 spiro atoms. The van der Waals surface area contributed by atoms with Crippen LogP contribution in [-0.4, -0.2) is 27.2 Å². The monoisotopic (exact) mass is 299 g/mol. The maximum absolute atomic E-state index is 12.0. The Hall–Kier alpha value is -1.56. The summed E-state index contributed by atoms with van der Waals surface area (Å²) >= 11 is 0. The summed E-state index contributed by atoms with van der Waals surface area (Å²) in [6.07, 6.45) is 2.12. The number of para-hydroxylation sites is 1. The minimum Gasteiger partial charge on any atom is -0.469 e. The predicted molar refractivity (Wildman–Crippen MR) is 79.1 cm³/mol. The number of sulfonamides is 1. The summed E-state index contributed by atoms with van der Waals surface area (Å²) in [6, 6.07) is 7.35. The SMILES string of the molecule is CCCc1ccccc1NS(=O)(=O)CCCC(=O)OC. The van der Waals surface area contributed by atoms with Gasteiger partial charge in [-0.3, -0.25) is 9.52 Å². The predicted octanol–water partition coefficient (Wildman–Crippen LogP) is 2.33. The first-order valence-electron chi connectivity index (χ1n) is 6.63. The molecule has 1 N–H and O–H groups in total. The number of hydrogen-bond acceptors (Lipinski definition) is 4. The lowest BCUT2D eigenvalue weighted by molar-refractivity contribution is -0.140. The average Bonchev–Trinajstić information content (AvgIpc) is 2.40. The van der Waals surface area contributed by atoms with Gasteiger partial charge in [-0.15, -0.1) is 0 Å². The van der Waals surface area contributed by atoms with Crippen molar-refractivity contribution in [3.05, 3.63) is 29.8 Å². The van der Waals surface area contributed by atoms with E-state index in [-0.39, 0.29) is 18.6 Å². The van der Waals surface area contributed by atoms with Crippen LogP contribution in [0.1, 0.15) is 31.7 Å². The van der Waals surface area contributed by atoms with E-state index >= 15 is 0 Å². The minimum absolute atomic E-state index is 0.0947. The van der Waals surface area contributed by atoms with Crippen LogP contribution < -0.4 is 4.72 Å². The van der Waals surface area contributed by atoms with Gasteiger partial charge in [-0.05, 0) is 24.5 Å². The molecule has 0 amide bonds. The molecule has 0 heterocycles. The number of anilines is 1. The van der Waals surface area contributed by atoms with Crippen LogP contribution in [0.3, 0.4) is 0 Å². The van der Waals surface area contributed by atoms with Gasteiger partial charge in [0.15, 0.2) is 0 Å². The molecule has 0 bridgehead atoms. The van der Waals surface area contributed by atoms with Gasteiger partial charge in [0.1, 0.15) is 0 Å². The first-order valence-corrected chi connectivity index (χ1v) is 8.29. The summed E-state index contributed by atoms with van der Waals surface area (Å²) in [5.74, 6) is -0.491. The highest BCUT2D eigenvalue weighted by molar-refractivity contribution is 7.92. The van der Waals surface area contributed by atoms with Crippen molar-refractivity contribution in [1.29, 1.82) is 0 Å². The van der Waals surface area contributed by atoms with Crippen molar-refractivity contribution in [1.82, 2.24) is 0 Å². The Kier molecular flexibility index (Phi) is 6.51. The number of ether oxygens (including phenoxy) is 1. The van der Waals surface area contributed by atoms with Crippen LogP contribution in [0, 0.1) is 0 Å². The number of carbonyl (C=O) groups excluding carboxylic acids is 1. The van der Waals surface area contributed by atoms with Gasteiger partial charge in [-0.25, -0.2) is 8.42 Å². The molecule has 1 aromatic rings. The minimum atomic E-state index is -3.44. The topological polar surface area (TPSA) is 72.5 Å². The highest BCUT2D eigenvalue weighted by Crippen LogP contribution is 2.18. The van der Waals surface area contributed by atoms with Crippen LogP contribution in [0.2, 0.25) is 0 Å². The van der Waals surface area contributed by atoms with Gasteiger partial charge in [0.2, 0.25) is 10.0 Å². The number of esters is 1. The molecule has 112 valence electrons. The molecule has 0 saturated carbocycles. The highest BCUT2D eigenvalue weighted by Gasteiger charge is 2.13. The van der Waals surface area contributed by atoms with E-state index in [1.165, 1.54) is 7.11 Å². The van der Waals surface area contributed by atoms with E-state index in [1.54, 1.807) is 12.1 Å². The lowest BCUT2D eigenvalue weighted by atomic mass is 10.1. The van der Waals surface area contributed by atoms with E-state index in [2.05, 4.69) is 9.46 Å². The van der Waals surface area contributed by atoms with Gasteiger partial charge in [0, 0.05) is 6.42 Å². The van der Waals surface area contributed by atoms with Crippen LogP contribution >= 0.6 is 0 Å². The Morgan fingerprint density at radius 2 is 2.00 bits per heavy atom. The molecule has 20 heavy (non-hydrogen) atoms. The van der Waals surface area contributed by atoms with E-state index in [4.69, 9.17) is 0 Å². The van der Waals surface area contributed by atoms with Crippen LogP contribution in [0.15, 0.2) is 24.3 Å². The van der Waals surface area contributed by atoms with E-state index in [9.17, 15) is 13.2 Å². The Morgan fingerprint density at radius 1 is 1.30 bits per heavy atom.